The molecular weight excluding hydrogens is 498 g/mol. The van der Waals surface area contributed by atoms with E-state index in [-0.39, 0.29) is 43.5 Å². The molecule has 5 unspecified atom stereocenters. The first kappa shape index (κ1) is 29.8. The smallest absolute Gasteiger partial charge is 0.256 e. The van der Waals surface area contributed by atoms with Gasteiger partial charge < -0.3 is 48.7 Å². The summed E-state index contributed by atoms with van der Waals surface area (Å²) in [6.45, 7) is 12.0. The zero-order valence-electron chi connectivity index (χ0n) is 23.4. The van der Waals surface area contributed by atoms with E-state index < -0.39 is 47.9 Å². The van der Waals surface area contributed by atoms with E-state index in [1.54, 1.807) is 7.11 Å². The Kier molecular flexibility index (Phi) is 9.23. The van der Waals surface area contributed by atoms with E-state index in [2.05, 4.69) is 25.7 Å². The molecule has 0 saturated carbocycles. The number of fused-ring (bicyclic) bond motifs is 1. The van der Waals surface area contributed by atoms with Crippen LogP contribution in [-0.4, -0.2) is 98.2 Å². The van der Waals surface area contributed by atoms with Gasteiger partial charge in [0.15, 0.2) is 18.6 Å². The van der Waals surface area contributed by atoms with Crippen molar-refractivity contribution in [1.29, 1.82) is 0 Å². The molecule has 0 aromatic carbocycles. The Labute approximate surface area is 225 Å². The lowest BCUT2D eigenvalue weighted by molar-refractivity contribution is -0.334. The highest BCUT2D eigenvalue weighted by Gasteiger charge is 2.57. The predicted molar refractivity (Wildman–Crippen MR) is 135 cm³/mol. The average molecular weight is 544 g/mol. The summed E-state index contributed by atoms with van der Waals surface area (Å²) in [5.41, 5.74) is 0.370. The molecule has 0 radical (unpaired) electrons. The van der Waals surface area contributed by atoms with Gasteiger partial charge in [-0.05, 0) is 26.2 Å². The van der Waals surface area contributed by atoms with Gasteiger partial charge >= 0.3 is 0 Å². The van der Waals surface area contributed by atoms with Crippen molar-refractivity contribution in [1.82, 2.24) is 5.32 Å². The van der Waals surface area contributed by atoms with Gasteiger partial charge in [0.05, 0.1) is 24.4 Å². The number of ether oxygens (including phenoxy) is 7. The number of amides is 1. The molecule has 11 heteroatoms. The molecule has 4 fully saturated rings. The van der Waals surface area contributed by atoms with Crippen LogP contribution in [0.4, 0.5) is 0 Å². The van der Waals surface area contributed by atoms with Crippen molar-refractivity contribution in [2.45, 2.75) is 121 Å². The summed E-state index contributed by atoms with van der Waals surface area (Å²) < 4.78 is 41.5. The standard InChI is InChI=1S/C27H45NO10/c1-14-12-27(33-7,38-16(3)15(14)2)22(30)24(31)28-25-21-20(34-13-35-25)23(32-6)26(4,5)18(37-21)11-17-9-8-10-19(29)36-17/h15-23,25,29-30H,1,8-13H2,2-7H3,(H,28,31)/t15-,16-,17?,18-,19?,20?,21?,22-,23-,25?,27-/m1/s1. The fraction of sp³-hybridized carbons (Fsp3) is 0.889. The number of carbonyl (C=O) groups excluding carboxylic acids is 1. The summed E-state index contributed by atoms with van der Waals surface area (Å²) in [7, 11) is 3.03. The molecule has 4 saturated heterocycles. The molecule has 4 aliphatic rings. The van der Waals surface area contributed by atoms with Gasteiger partial charge in [0, 0.05) is 38.4 Å². The minimum Gasteiger partial charge on any atom is -0.378 e. The second-order valence-electron chi connectivity index (χ2n) is 11.7. The number of carbonyl (C=O) groups is 1. The molecule has 0 aromatic rings. The lowest BCUT2D eigenvalue weighted by atomic mass is 9.72. The van der Waals surface area contributed by atoms with Crippen LogP contribution in [-0.2, 0) is 38.0 Å². The summed E-state index contributed by atoms with van der Waals surface area (Å²) in [5, 5.41) is 23.9. The third kappa shape index (κ3) is 5.68. The van der Waals surface area contributed by atoms with E-state index in [4.69, 9.17) is 33.2 Å². The molecular formula is C27H45NO10. The number of nitrogens with one attached hydrogen (secondary N) is 1. The fourth-order valence-corrected chi connectivity index (χ4v) is 6.22. The van der Waals surface area contributed by atoms with Crippen LogP contribution in [0.2, 0.25) is 0 Å². The number of methoxy groups -OCH3 is 2. The molecule has 0 aromatic heterocycles. The monoisotopic (exact) mass is 543 g/mol. The summed E-state index contributed by atoms with van der Waals surface area (Å²) in [6, 6.07) is 0. The SMILES string of the molecule is C=C1C[C@](OC)([C@H](O)C(=O)NC2OCOC3C2O[C@H](CC2CCCC(O)O2)C(C)(C)[C@@H]3OC)O[C@H](C)[C@@H]1C. The second kappa shape index (κ2) is 11.8. The molecule has 11 atom stereocenters. The molecule has 0 bridgehead atoms. The Balaban J connectivity index is 1.50. The van der Waals surface area contributed by atoms with Gasteiger partial charge in [-0.2, -0.15) is 0 Å². The summed E-state index contributed by atoms with van der Waals surface area (Å²) in [4.78, 5) is 13.4. The molecule has 0 aliphatic carbocycles. The van der Waals surface area contributed by atoms with Gasteiger partial charge in [0.1, 0.15) is 19.0 Å². The van der Waals surface area contributed by atoms with E-state index in [9.17, 15) is 15.0 Å². The minimum absolute atomic E-state index is 0.0595. The highest BCUT2D eigenvalue weighted by molar-refractivity contribution is 5.82. The van der Waals surface area contributed by atoms with E-state index in [0.717, 1.165) is 18.4 Å². The quantitative estimate of drug-likeness (QED) is 0.407. The predicted octanol–water partition coefficient (Wildman–Crippen LogP) is 1.59. The third-order valence-corrected chi connectivity index (χ3v) is 8.87. The van der Waals surface area contributed by atoms with Crippen LogP contribution in [0.3, 0.4) is 0 Å². The first-order valence-corrected chi connectivity index (χ1v) is 13.6. The van der Waals surface area contributed by atoms with Gasteiger partial charge in [-0.1, -0.05) is 32.9 Å². The van der Waals surface area contributed by atoms with Crippen molar-refractivity contribution in [3.63, 3.8) is 0 Å². The van der Waals surface area contributed by atoms with Crippen molar-refractivity contribution in [2.24, 2.45) is 11.3 Å². The van der Waals surface area contributed by atoms with Crippen molar-refractivity contribution >= 4 is 5.91 Å². The van der Waals surface area contributed by atoms with Gasteiger partial charge in [-0.15, -0.1) is 0 Å². The fourth-order valence-electron chi connectivity index (χ4n) is 6.22. The lowest BCUT2D eigenvalue weighted by Crippen LogP contribution is -2.69. The molecule has 218 valence electrons. The molecule has 4 heterocycles. The Hall–Kier alpha value is -1.15. The highest BCUT2D eigenvalue weighted by atomic mass is 16.7. The largest absolute Gasteiger partial charge is 0.378 e. The summed E-state index contributed by atoms with van der Waals surface area (Å²) in [6.07, 6.45) is -2.72. The van der Waals surface area contributed by atoms with Crippen LogP contribution in [0.25, 0.3) is 0 Å². The van der Waals surface area contributed by atoms with Crippen molar-refractivity contribution in [3.8, 4) is 0 Å². The molecule has 38 heavy (non-hydrogen) atoms. The normalized spacial score (nSPS) is 44.2. The van der Waals surface area contributed by atoms with Crippen molar-refractivity contribution < 1.29 is 48.2 Å². The number of hydrogen-bond donors (Lipinski definition) is 3. The van der Waals surface area contributed by atoms with Crippen LogP contribution in [0.15, 0.2) is 12.2 Å². The van der Waals surface area contributed by atoms with Crippen LogP contribution in [0, 0.1) is 11.3 Å². The maximum atomic E-state index is 13.4. The lowest BCUT2D eigenvalue weighted by Gasteiger charge is -2.54. The first-order chi connectivity index (χ1) is 17.9. The van der Waals surface area contributed by atoms with E-state index in [0.29, 0.717) is 12.8 Å². The maximum Gasteiger partial charge on any atom is 0.256 e. The number of aliphatic hydroxyl groups is 2. The Morgan fingerprint density at radius 2 is 1.92 bits per heavy atom. The van der Waals surface area contributed by atoms with Gasteiger partial charge in [0.2, 0.25) is 5.79 Å². The minimum atomic E-state index is -1.64. The van der Waals surface area contributed by atoms with Crippen LogP contribution >= 0.6 is 0 Å². The van der Waals surface area contributed by atoms with Crippen LogP contribution in [0.5, 0.6) is 0 Å². The van der Waals surface area contributed by atoms with Gasteiger partial charge in [0.25, 0.3) is 5.91 Å². The topological polar surface area (TPSA) is 134 Å². The third-order valence-electron chi connectivity index (χ3n) is 8.87. The van der Waals surface area contributed by atoms with Crippen LogP contribution < -0.4 is 5.32 Å². The molecule has 4 rings (SSSR count). The Morgan fingerprint density at radius 3 is 2.55 bits per heavy atom. The molecule has 3 N–H and O–H groups in total. The van der Waals surface area contributed by atoms with E-state index in [1.807, 2.05) is 13.8 Å². The van der Waals surface area contributed by atoms with Gasteiger partial charge in [-0.3, -0.25) is 4.79 Å². The molecule has 11 nitrogen and oxygen atoms in total. The average Bonchev–Trinajstić information content (AvgIpc) is 2.87. The Bertz CT molecular complexity index is 854. The summed E-state index contributed by atoms with van der Waals surface area (Å²) in [5.74, 6) is -2.22. The Morgan fingerprint density at radius 1 is 1.18 bits per heavy atom. The number of rotatable bonds is 7. The second-order valence-corrected chi connectivity index (χ2v) is 11.7. The maximum absolute atomic E-state index is 13.4. The van der Waals surface area contributed by atoms with Crippen molar-refractivity contribution in [3.05, 3.63) is 12.2 Å². The zero-order valence-corrected chi connectivity index (χ0v) is 23.4. The van der Waals surface area contributed by atoms with Gasteiger partial charge in [-0.25, -0.2) is 0 Å². The zero-order chi connectivity index (χ0) is 27.8. The number of hydrogen-bond acceptors (Lipinski definition) is 10. The first-order valence-electron chi connectivity index (χ1n) is 13.6. The van der Waals surface area contributed by atoms with Crippen molar-refractivity contribution in [2.75, 3.05) is 21.0 Å². The van der Waals surface area contributed by atoms with E-state index in [1.165, 1.54) is 7.11 Å². The van der Waals surface area contributed by atoms with Crippen LogP contribution in [0.1, 0.15) is 59.8 Å². The highest BCUT2D eigenvalue weighted by Crippen LogP contribution is 2.44. The van der Waals surface area contributed by atoms with E-state index >= 15 is 0 Å². The molecule has 4 aliphatic heterocycles. The number of aliphatic hydroxyl groups excluding tert-OH is 2. The molecule has 1 amide bonds. The summed E-state index contributed by atoms with van der Waals surface area (Å²) >= 11 is 0. The molecule has 0 spiro atoms.